The Kier molecular flexibility index (Phi) is 7.47. The predicted molar refractivity (Wildman–Crippen MR) is 95.0 cm³/mol. The van der Waals surface area contributed by atoms with Crippen LogP contribution in [0.15, 0.2) is 48.5 Å². The minimum atomic E-state index is -4.79. The van der Waals surface area contributed by atoms with Crippen molar-refractivity contribution in [2.45, 2.75) is 25.9 Å². The lowest BCUT2D eigenvalue weighted by Gasteiger charge is -2.23. The van der Waals surface area contributed by atoms with Crippen LogP contribution >= 0.6 is 12.4 Å². The first-order chi connectivity index (χ1) is 11.7. The molecule has 0 radical (unpaired) electrons. The predicted octanol–water partition coefficient (Wildman–Crippen LogP) is 3.97. The summed E-state index contributed by atoms with van der Waals surface area (Å²) >= 11 is 0. The number of rotatable bonds is 5. The Morgan fingerprint density at radius 1 is 1.15 bits per heavy atom. The molecule has 0 aliphatic carbocycles. The molecule has 0 saturated carbocycles. The van der Waals surface area contributed by atoms with Crippen molar-refractivity contribution in [3.05, 3.63) is 65.2 Å². The van der Waals surface area contributed by atoms with Gasteiger partial charge in [-0.05, 0) is 18.6 Å². The maximum absolute atomic E-state index is 12.5. The molecule has 8 heteroatoms. The summed E-state index contributed by atoms with van der Waals surface area (Å²) in [4.78, 5) is 13.7. The molecule has 2 aromatic rings. The molecule has 0 spiro atoms. The van der Waals surface area contributed by atoms with E-state index in [4.69, 9.17) is 5.73 Å². The number of nitrogens with two attached hydrogens (primary N) is 1. The number of amides is 1. The van der Waals surface area contributed by atoms with Crippen LogP contribution in [0.4, 0.5) is 13.2 Å². The summed E-state index contributed by atoms with van der Waals surface area (Å²) in [5.74, 6) is -0.732. The van der Waals surface area contributed by atoms with Gasteiger partial charge in [0.15, 0.2) is 0 Å². The molecule has 1 unspecified atom stereocenters. The van der Waals surface area contributed by atoms with Crippen LogP contribution in [-0.4, -0.2) is 24.2 Å². The largest absolute Gasteiger partial charge is 0.573 e. The van der Waals surface area contributed by atoms with E-state index < -0.39 is 18.3 Å². The van der Waals surface area contributed by atoms with Crippen molar-refractivity contribution >= 4 is 18.3 Å². The highest BCUT2D eigenvalue weighted by Gasteiger charge is 2.32. The van der Waals surface area contributed by atoms with E-state index >= 15 is 0 Å². The van der Waals surface area contributed by atoms with E-state index in [-0.39, 0.29) is 30.3 Å². The quantitative estimate of drug-likeness (QED) is 0.843. The van der Waals surface area contributed by atoms with Crippen LogP contribution < -0.4 is 10.5 Å². The molecule has 0 aliphatic rings. The number of hydrogen-bond donors (Lipinski definition) is 1. The number of halogens is 4. The van der Waals surface area contributed by atoms with Gasteiger partial charge in [0.05, 0.1) is 0 Å². The molecule has 2 rings (SSSR count). The van der Waals surface area contributed by atoms with E-state index in [0.717, 1.165) is 5.56 Å². The third-order valence-electron chi connectivity index (χ3n) is 3.68. The molecule has 4 nitrogen and oxygen atoms in total. The Balaban J connectivity index is 0.00000338. The van der Waals surface area contributed by atoms with Crippen LogP contribution in [0.3, 0.4) is 0 Å². The highest BCUT2D eigenvalue weighted by atomic mass is 35.5. The standard InChI is InChI=1S/C18H19F3N2O2.ClH/c1-12-7-9-13(10-8-12)16(22)17(24)23(2)11-14-5-3-4-6-15(14)25-18(19,20)21;/h3-10,16H,11,22H2,1-2H3;1H. The fourth-order valence-corrected chi connectivity index (χ4v) is 2.35. The maximum atomic E-state index is 12.5. The molecular weight excluding hydrogens is 369 g/mol. The number of hydrogen-bond acceptors (Lipinski definition) is 3. The van der Waals surface area contributed by atoms with Gasteiger partial charge in [-0.2, -0.15) is 0 Å². The van der Waals surface area contributed by atoms with Gasteiger partial charge in [-0.25, -0.2) is 0 Å². The van der Waals surface area contributed by atoms with Gasteiger partial charge >= 0.3 is 6.36 Å². The van der Waals surface area contributed by atoms with Crippen LogP contribution in [0.5, 0.6) is 5.75 Å². The van der Waals surface area contributed by atoms with Crippen molar-refractivity contribution in [1.29, 1.82) is 0 Å². The molecule has 26 heavy (non-hydrogen) atoms. The van der Waals surface area contributed by atoms with E-state index in [2.05, 4.69) is 4.74 Å². The zero-order chi connectivity index (χ0) is 18.6. The highest BCUT2D eigenvalue weighted by Crippen LogP contribution is 2.27. The maximum Gasteiger partial charge on any atom is 0.573 e. The van der Waals surface area contributed by atoms with Gasteiger partial charge in [0.1, 0.15) is 11.8 Å². The molecule has 0 heterocycles. The molecule has 0 fully saturated rings. The molecule has 1 amide bonds. The van der Waals surface area contributed by atoms with Gasteiger partial charge in [-0.1, -0.05) is 48.0 Å². The van der Waals surface area contributed by atoms with Crippen LogP contribution in [0.1, 0.15) is 22.7 Å². The lowest BCUT2D eigenvalue weighted by molar-refractivity contribution is -0.275. The number of alkyl halides is 3. The average Bonchev–Trinajstić information content (AvgIpc) is 2.54. The zero-order valence-electron chi connectivity index (χ0n) is 14.3. The SMILES string of the molecule is Cc1ccc(C(N)C(=O)N(C)Cc2ccccc2OC(F)(F)F)cc1.Cl. The van der Waals surface area contributed by atoms with Crippen molar-refractivity contribution < 1.29 is 22.7 Å². The van der Waals surface area contributed by atoms with Gasteiger partial charge in [0.2, 0.25) is 5.91 Å². The normalized spacial score (nSPS) is 12.1. The van der Waals surface area contributed by atoms with E-state index in [1.165, 1.54) is 30.1 Å². The fourth-order valence-electron chi connectivity index (χ4n) is 2.35. The van der Waals surface area contributed by atoms with Crippen LogP contribution in [-0.2, 0) is 11.3 Å². The number of likely N-dealkylation sites (N-methyl/N-ethyl adjacent to an activating group) is 1. The summed E-state index contributed by atoms with van der Waals surface area (Å²) < 4.78 is 41.4. The van der Waals surface area contributed by atoms with Crippen molar-refractivity contribution in [3.8, 4) is 5.75 Å². The first-order valence-corrected chi connectivity index (χ1v) is 7.58. The van der Waals surface area contributed by atoms with Crippen LogP contribution in [0.25, 0.3) is 0 Å². The van der Waals surface area contributed by atoms with Gasteiger partial charge < -0.3 is 15.4 Å². The van der Waals surface area contributed by atoms with E-state index in [1.807, 2.05) is 19.1 Å². The molecule has 0 saturated heterocycles. The van der Waals surface area contributed by atoms with Crippen molar-refractivity contribution in [2.24, 2.45) is 5.73 Å². The second-order valence-electron chi connectivity index (χ2n) is 5.74. The third-order valence-corrected chi connectivity index (χ3v) is 3.68. The summed E-state index contributed by atoms with van der Waals surface area (Å²) in [6.45, 7) is 1.87. The van der Waals surface area contributed by atoms with Crippen molar-refractivity contribution in [3.63, 3.8) is 0 Å². The van der Waals surface area contributed by atoms with E-state index in [9.17, 15) is 18.0 Å². The molecule has 2 N–H and O–H groups in total. The number of carbonyl (C=O) groups excluding carboxylic acids is 1. The minimum absolute atomic E-state index is 0. The number of benzene rings is 2. The second kappa shape index (κ2) is 8.91. The monoisotopic (exact) mass is 388 g/mol. The van der Waals surface area contributed by atoms with Gasteiger partial charge in [-0.3, -0.25) is 4.79 Å². The summed E-state index contributed by atoms with van der Waals surface area (Å²) in [5.41, 5.74) is 7.90. The first-order valence-electron chi connectivity index (χ1n) is 7.58. The summed E-state index contributed by atoms with van der Waals surface area (Å²) in [6.07, 6.45) is -4.79. The first kappa shape index (κ1) is 21.8. The van der Waals surface area contributed by atoms with E-state index in [0.29, 0.717) is 5.56 Å². The average molecular weight is 389 g/mol. The molecule has 1 atom stereocenters. The number of aryl methyl sites for hydroxylation is 1. The Morgan fingerprint density at radius 2 is 1.73 bits per heavy atom. The highest BCUT2D eigenvalue weighted by molar-refractivity contribution is 5.85. The number of ether oxygens (including phenoxy) is 1. The molecule has 0 bridgehead atoms. The number of nitrogens with zero attached hydrogens (tertiary/aromatic N) is 1. The molecule has 2 aromatic carbocycles. The number of carbonyl (C=O) groups is 1. The van der Waals surface area contributed by atoms with Gasteiger partial charge in [0.25, 0.3) is 0 Å². The smallest absolute Gasteiger partial charge is 0.405 e. The molecule has 142 valence electrons. The Morgan fingerprint density at radius 3 is 2.31 bits per heavy atom. The molecule has 0 aromatic heterocycles. The Bertz CT molecular complexity index is 736. The Hall–Kier alpha value is -2.25. The molecule has 0 aliphatic heterocycles. The van der Waals surface area contributed by atoms with E-state index in [1.54, 1.807) is 18.2 Å². The van der Waals surface area contributed by atoms with Crippen molar-refractivity contribution in [2.75, 3.05) is 7.05 Å². The number of para-hydroxylation sites is 1. The fraction of sp³-hybridized carbons (Fsp3) is 0.278. The third kappa shape index (κ3) is 5.93. The molecular formula is C18H20ClF3N2O2. The lowest BCUT2D eigenvalue weighted by Crippen LogP contribution is -2.35. The topological polar surface area (TPSA) is 55.6 Å². The van der Waals surface area contributed by atoms with Gasteiger partial charge in [0, 0.05) is 19.2 Å². The van der Waals surface area contributed by atoms with Crippen LogP contribution in [0, 0.1) is 6.92 Å². The Labute approximate surface area is 156 Å². The van der Waals surface area contributed by atoms with Crippen LogP contribution in [0.2, 0.25) is 0 Å². The van der Waals surface area contributed by atoms with Crippen molar-refractivity contribution in [1.82, 2.24) is 4.90 Å². The summed E-state index contributed by atoms with van der Waals surface area (Å²) in [7, 11) is 1.49. The minimum Gasteiger partial charge on any atom is -0.405 e. The zero-order valence-corrected chi connectivity index (χ0v) is 15.1. The van der Waals surface area contributed by atoms with Gasteiger partial charge in [-0.15, -0.1) is 25.6 Å². The summed E-state index contributed by atoms with van der Waals surface area (Å²) in [6, 6.07) is 12.0. The lowest BCUT2D eigenvalue weighted by atomic mass is 10.0. The second-order valence-corrected chi connectivity index (χ2v) is 5.74. The summed E-state index contributed by atoms with van der Waals surface area (Å²) in [5, 5.41) is 0.